The lowest BCUT2D eigenvalue weighted by Gasteiger charge is -2.03. The third kappa shape index (κ3) is 4.32. The van der Waals surface area contributed by atoms with Gasteiger partial charge in [0.2, 0.25) is 0 Å². The van der Waals surface area contributed by atoms with Gasteiger partial charge in [0.25, 0.3) is 0 Å². The van der Waals surface area contributed by atoms with Gasteiger partial charge in [0, 0.05) is 22.9 Å². The summed E-state index contributed by atoms with van der Waals surface area (Å²) < 4.78 is 0. The van der Waals surface area contributed by atoms with Crippen LogP contribution in [0, 0.1) is 0 Å². The molecule has 0 atom stereocenters. The smallest absolute Gasteiger partial charge is 0.164 e. The molecule has 16 heavy (non-hydrogen) atoms. The van der Waals surface area contributed by atoms with Crippen LogP contribution in [0.5, 0.6) is 0 Å². The Bertz CT molecular complexity index is 363. The molecule has 0 radical (unpaired) electrons. The number of benzene rings is 1. The first-order valence-electron chi connectivity index (χ1n) is 5.19. The monoisotopic (exact) mass is 278 g/mol. The van der Waals surface area contributed by atoms with Crippen LogP contribution in [0.15, 0.2) is 18.2 Å². The zero-order valence-electron chi connectivity index (χ0n) is 8.81. The summed E-state index contributed by atoms with van der Waals surface area (Å²) in [6, 6.07) is 4.95. The fraction of sp³-hybridized carbons (Fsp3) is 0.417. The molecule has 0 spiro atoms. The molecule has 0 bridgehead atoms. The molecule has 1 aromatic carbocycles. The van der Waals surface area contributed by atoms with Crippen LogP contribution >= 0.6 is 34.8 Å². The molecular formula is C12H13Cl3O. The topological polar surface area (TPSA) is 17.1 Å². The lowest BCUT2D eigenvalue weighted by molar-refractivity contribution is 0.0979. The molecule has 4 heteroatoms. The summed E-state index contributed by atoms with van der Waals surface area (Å²) in [5.74, 6) is 0.715. The van der Waals surface area contributed by atoms with E-state index in [2.05, 4.69) is 0 Å². The van der Waals surface area contributed by atoms with Crippen LogP contribution in [0.1, 0.15) is 36.0 Å². The normalized spacial score (nSPS) is 10.4. The van der Waals surface area contributed by atoms with Gasteiger partial charge in [0.15, 0.2) is 5.78 Å². The maximum atomic E-state index is 11.8. The minimum Gasteiger partial charge on any atom is -0.294 e. The lowest BCUT2D eigenvalue weighted by atomic mass is 10.0. The first-order valence-corrected chi connectivity index (χ1v) is 6.48. The number of alkyl halides is 1. The van der Waals surface area contributed by atoms with E-state index in [9.17, 15) is 4.79 Å². The van der Waals surface area contributed by atoms with Gasteiger partial charge in [0.1, 0.15) is 0 Å². The van der Waals surface area contributed by atoms with Gasteiger partial charge >= 0.3 is 0 Å². The lowest BCUT2D eigenvalue weighted by Crippen LogP contribution is -1.99. The molecular weight excluding hydrogens is 266 g/mol. The predicted octanol–water partition coefficient (Wildman–Crippen LogP) is 4.98. The molecule has 0 aliphatic rings. The molecule has 0 aliphatic heterocycles. The molecule has 0 aliphatic carbocycles. The van der Waals surface area contributed by atoms with Crippen molar-refractivity contribution in [1.29, 1.82) is 0 Å². The minimum atomic E-state index is 0.0660. The Labute approximate surface area is 111 Å². The fourth-order valence-corrected chi connectivity index (χ4v) is 2.11. The van der Waals surface area contributed by atoms with Crippen LogP contribution < -0.4 is 0 Å². The number of rotatable bonds is 6. The number of hydrogen-bond donors (Lipinski definition) is 0. The number of Topliss-reactive ketones (excluding diaryl/α,β-unsaturated/α-hetero) is 1. The molecule has 0 amide bonds. The van der Waals surface area contributed by atoms with Crippen molar-refractivity contribution in [2.75, 3.05) is 5.88 Å². The molecule has 1 aromatic rings. The van der Waals surface area contributed by atoms with Gasteiger partial charge in [-0.3, -0.25) is 4.79 Å². The highest BCUT2D eigenvalue weighted by molar-refractivity contribution is 6.36. The first kappa shape index (κ1) is 13.8. The summed E-state index contributed by atoms with van der Waals surface area (Å²) in [5, 5.41) is 0.971. The van der Waals surface area contributed by atoms with Crippen molar-refractivity contribution in [3.05, 3.63) is 33.8 Å². The zero-order chi connectivity index (χ0) is 12.0. The van der Waals surface area contributed by atoms with Crippen LogP contribution in [-0.2, 0) is 0 Å². The highest BCUT2D eigenvalue weighted by Gasteiger charge is 2.09. The average molecular weight is 280 g/mol. The summed E-state index contributed by atoms with van der Waals surface area (Å²) >= 11 is 17.3. The van der Waals surface area contributed by atoms with Gasteiger partial charge in [-0.1, -0.05) is 29.6 Å². The van der Waals surface area contributed by atoms with E-state index in [0.717, 1.165) is 19.3 Å². The third-order valence-electron chi connectivity index (χ3n) is 2.27. The van der Waals surface area contributed by atoms with Crippen LogP contribution in [0.3, 0.4) is 0 Å². The van der Waals surface area contributed by atoms with E-state index in [1.807, 2.05) is 0 Å². The predicted molar refractivity (Wildman–Crippen MR) is 70.0 cm³/mol. The van der Waals surface area contributed by atoms with Crippen molar-refractivity contribution < 1.29 is 4.79 Å². The van der Waals surface area contributed by atoms with E-state index >= 15 is 0 Å². The van der Waals surface area contributed by atoms with E-state index in [1.165, 1.54) is 0 Å². The van der Waals surface area contributed by atoms with Gasteiger partial charge < -0.3 is 0 Å². The van der Waals surface area contributed by atoms with Gasteiger partial charge in [-0.15, -0.1) is 11.6 Å². The van der Waals surface area contributed by atoms with Crippen molar-refractivity contribution in [1.82, 2.24) is 0 Å². The highest BCUT2D eigenvalue weighted by Crippen LogP contribution is 2.22. The van der Waals surface area contributed by atoms with Gasteiger partial charge in [-0.05, 0) is 31.0 Å². The minimum absolute atomic E-state index is 0.0660. The van der Waals surface area contributed by atoms with Crippen LogP contribution in [-0.4, -0.2) is 11.7 Å². The second-order valence-electron chi connectivity index (χ2n) is 3.55. The molecule has 1 nitrogen and oxygen atoms in total. The molecule has 0 N–H and O–H groups in total. The first-order chi connectivity index (χ1) is 7.65. The molecule has 0 heterocycles. The van der Waals surface area contributed by atoms with Crippen molar-refractivity contribution >= 4 is 40.6 Å². The highest BCUT2D eigenvalue weighted by atomic mass is 35.5. The van der Waals surface area contributed by atoms with E-state index in [1.54, 1.807) is 18.2 Å². The van der Waals surface area contributed by atoms with Gasteiger partial charge in [-0.25, -0.2) is 0 Å². The van der Waals surface area contributed by atoms with Crippen molar-refractivity contribution in [3.63, 3.8) is 0 Å². The summed E-state index contributed by atoms with van der Waals surface area (Å²) in [6.45, 7) is 0. The number of ketones is 1. The number of carbonyl (C=O) groups excluding carboxylic acids is 1. The van der Waals surface area contributed by atoms with Crippen molar-refractivity contribution in [2.24, 2.45) is 0 Å². The number of hydrogen-bond acceptors (Lipinski definition) is 1. The molecule has 0 fully saturated rings. The number of halogens is 3. The number of carbonyl (C=O) groups is 1. The van der Waals surface area contributed by atoms with Crippen molar-refractivity contribution in [3.8, 4) is 0 Å². The molecule has 0 unspecified atom stereocenters. The SMILES string of the molecule is O=C(CCCCCCl)c1ccc(Cl)cc1Cl. The number of unbranched alkanes of at least 4 members (excludes halogenated alkanes) is 2. The van der Waals surface area contributed by atoms with Crippen molar-refractivity contribution in [2.45, 2.75) is 25.7 Å². The van der Waals surface area contributed by atoms with Crippen LogP contribution in [0.4, 0.5) is 0 Å². The second-order valence-corrected chi connectivity index (χ2v) is 4.77. The third-order valence-corrected chi connectivity index (χ3v) is 3.08. The molecule has 88 valence electrons. The quantitative estimate of drug-likeness (QED) is 0.408. The average Bonchev–Trinajstić information content (AvgIpc) is 2.24. The summed E-state index contributed by atoms with van der Waals surface area (Å²) in [5.41, 5.74) is 0.553. The van der Waals surface area contributed by atoms with E-state index in [0.29, 0.717) is 27.9 Å². The fourth-order valence-electron chi connectivity index (χ4n) is 1.41. The van der Waals surface area contributed by atoms with Crippen LogP contribution in [0.2, 0.25) is 10.0 Å². The maximum absolute atomic E-state index is 11.8. The van der Waals surface area contributed by atoms with E-state index < -0.39 is 0 Å². The standard InChI is InChI=1S/C12H13Cl3O/c13-7-3-1-2-4-12(16)10-6-5-9(14)8-11(10)15/h5-6,8H,1-4,7H2. The Balaban J connectivity index is 2.53. The Hall–Kier alpha value is -0.240. The summed E-state index contributed by atoms with van der Waals surface area (Å²) in [7, 11) is 0. The largest absolute Gasteiger partial charge is 0.294 e. The second kappa shape index (κ2) is 7.16. The van der Waals surface area contributed by atoms with Crippen LogP contribution in [0.25, 0.3) is 0 Å². The molecule has 0 saturated carbocycles. The van der Waals surface area contributed by atoms with Gasteiger partial charge in [0.05, 0.1) is 5.02 Å². The summed E-state index contributed by atoms with van der Waals surface area (Å²) in [6.07, 6.45) is 3.28. The van der Waals surface area contributed by atoms with E-state index in [4.69, 9.17) is 34.8 Å². The maximum Gasteiger partial charge on any atom is 0.164 e. The molecule has 0 aromatic heterocycles. The zero-order valence-corrected chi connectivity index (χ0v) is 11.1. The van der Waals surface area contributed by atoms with E-state index in [-0.39, 0.29) is 5.78 Å². The Morgan fingerprint density at radius 2 is 1.88 bits per heavy atom. The Kier molecular flexibility index (Phi) is 6.18. The Morgan fingerprint density at radius 1 is 1.12 bits per heavy atom. The Morgan fingerprint density at radius 3 is 2.50 bits per heavy atom. The summed E-state index contributed by atoms with van der Waals surface area (Å²) in [4.78, 5) is 11.8. The molecule has 1 rings (SSSR count). The molecule has 0 saturated heterocycles. The van der Waals surface area contributed by atoms with Gasteiger partial charge in [-0.2, -0.15) is 0 Å².